The van der Waals surface area contributed by atoms with Gasteiger partial charge in [0.15, 0.2) is 0 Å². The van der Waals surface area contributed by atoms with Crippen LogP contribution in [0.25, 0.3) is 65.4 Å². The van der Waals surface area contributed by atoms with E-state index >= 15 is 0 Å². The van der Waals surface area contributed by atoms with Crippen molar-refractivity contribution in [2.75, 3.05) is 19.6 Å². The summed E-state index contributed by atoms with van der Waals surface area (Å²) in [5.41, 5.74) is 24.1. The molecule has 15 rings (SSSR count). The molecule has 3 heterocycles. The fourth-order valence-corrected chi connectivity index (χ4v) is 13.9. The molecule has 0 bridgehead atoms. The van der Waals surface area contributed by atoms with Gasteiger partial charge in [-0.25, -0.2) is 0 Å². The number of anilines is 12. The van der Waals surface area contributed by atoms with Gasteiger partial charge in [0.25, 0.3) is 0 Å². The van der Waals surface area contributed by atoms with Gasteiger partial charge in [0.05, 0.1) is 0 Å². The Morgan fingerprint density at radius 3 is 0.670 bits per heavy atom. The molecular weight excluding hydrogens is 1070 g/mol. The molecule has 0 spiro atoms. The summed E-state index contributed by atoms with van der Waals surface area (Å²) in [6, 6.07) is 101. The molecule has 0 radical (unpaired) electrons. The third-order valence-electron chi connectivity index (χ3n) is 17.9. The van der Waals surface area contributed by atoms with E-state index in [1.165, 1.54) is 82.1 Å². The van der Waals surface area contributed by atoms with E-state index in [-0.39, 0.29) is 0 Å². The number of nitrogens with zero attached hydrogens (tertiary/aromatic N) is 7. The molecule has 0 aliphatic heterocycles. The SMILES string of the molecule is CCn1c2ccccc2c2cc(N(c3ccc(N(c4ccc(N(c5cccc(C)c5)c5ccc6c(c5)c5ccccc5n6CC)cc4)c4ccc(N(c5cccc(C)c5)c5ccc6c(c5)c5ccccc5n6CC)cc4)cc3)c3cccc(C)c3)ccc21. The minimum atomic E-state index is 0.897. The van der Waals surface area contributed by atoms with Crippen molar-refractivity contribution in [1.82, 2.24) is 13.7 Å². The molecule has 0 aliphatic rings. The first-order chi connectivity index (χ1) is 43.2. The van der Waals surface area contributed by atoms with Gasteiger partial charge in [-0.3, -0.25) is 0 Å². The normalized spacial score (nSPS) is 11.7. The van der Waals surface area contributed by atoms with Gasteiger partial charge in [-0.2, -0.15) is 0 Å². The molecule has 0 amide bonds. The molecule has 15 aromatic rings. The van der Waals surface area contributed by atoms with Crippen molar-refractivity contribution >= 4 is 134 Å². The second kappa shape index (κ2) is 22.3. The maximum absolute atomic E-state index is 2.42. The molecule has 12 aromatic carbocycles. The zero-order valence-corrected chi connectivity index (χ0v) is 50.7. The van der Waals surface area contributed by atoms with Crippen LogP contribution in [-0.4, -0.2) is 13.7 Å². The van der Waals surface area contributed by atoms with Crippen LogP contribution in [0.1, 0.15) is 37.5 Å². The van der Waals surface area contributed by atoms with Gasteiger partial charge in [-0.15, -0.1) is 0 Å². The number of hydrogen-bond donors (Lipinski definition) is 0. The van der Waals surface area contributed by atoms with Gasteiger partial charge >= 0.3 is 0 Å². The molecule has 0 fully saturated rings. The van der Waals surface area contributed by atoms with Crippen LogP contribution in [0.5, 0.6) is 0 Å². The number of fused-ring (bicyclic) bond motifs is 9. The minimum absolute atomic E-state index is 0.897. The average Bonchev–Trinajstić information content (AvgIpc) is 1.83. The third-order valence-corrected chi connectivity index (χ3v) is 17.9. The molecule has 88 heavy (non-hydrogen) atoms. The summed E-state index contributed by atoms with van der Waals surface area (Å²) in [4.78, 5) is 9.59. The topological polar surface area (TPSA) is 27.8 Å². The Morgan fingerprint density at radius 2 is 0.420 bits per heavy atom. The molecule has 0 N–H and O–H groups in total. The maximum atomic E-state index is 2.42. The zero-order chi connectivity index (χ0) is 59.6. The largest absolute Gasteiger partial charge is 0.341 e. The maximum Gasteiger partial charge on any atom is 0.0492 e. The highest BCUT2D eigenvalue weighted by molar-refractivity contribution is 6.12. The van der Waals surface area contributed by atoms with Crippen LogP contribution in [-0.2, 0) is 19.6 Å². The number of para-hydroxylation sites is 3. The number of aryl methyl sites for hydroxylation is 6. The zero-order valence-electron chi connectivity index (χ0n) is 50.7. The first-order valence-electron chi connectivity index (χ1n) is 31.0. The Hall–Kier alpha value is -10.8. The summed E-state index contributed by atoms with van der Waals surface area (Å²) in [7, 11) is 0. The number of aromatic nitrogens is 3. The predicted octanol–water partition coefficient (Wildman–Crippen LogP) is 22.9. The highest BCUT2D eigenvalue weighted by Gasteiger charge is 2.23. The summed E-state index contributed by atoms with van der Waals surface area (Å²) in [5.74, 6) is 0. The smallest absolute Gasteiger partial charge is 0.0492 e. The molecule has 0 saturated heterocycles. The molecule has 3 aromatic heterocycles. The van der Waals surface area contributed by atoms with E-state index in [0.717, 1.165) is 87.9 Å². The summed E-state index contributed by atoms with van der Waals surface area (Å²) in [6.45, 7) is 15.9. The number of rotatable bonds is 15. The fourth-order valence-electron chi connectivity index (χ4n) is 13.9. The average molecular weight is 1140 g/mol. The molecule has 7 heteroatoms. The van der Waals surface area contributed by atoms with Crippen molar-refractivity contribution in [2.45, 2.75) is 61.2 Å². The van der Waals surface area contributed by atoms with Gasteiger partial charge in [-0.1, -0.05) is 91.0 Å². The second-order valence-corrected chi connectivity index (χ2v) is 23.3. The standard InChI is InChI=1S/C81H69N7/c1-7-82-76-28-13-10-25-70(76)73-52-67(43-46-79(73)82)86(64-22-16-19-55(4)49-64)61-37-31-58(32-38-61)85(59-33-39-62(40-34-59)87(65-23-17-20-56(5)50-65)68-44-47-80-74(53-68)71-26-11-14-29-77(71)83(80)8-2)60-35-41-63(42-36-60)88(66-24-18-21-57(6)51-66)69-45-48-81-75(54-69)72-27-12-15-30-78(72)84(81)9-3/h10-54H,7-9H2,1-6H3. The van der Waals surface area contributed by atoms with Crippen LogP contribution in [0, 0.1) is 20.8 Å². The first-order valence-corrected chi connectivity index (χ1v) is 31.0. The van der Waals surface area contributed by atoms with Gasteiger partial charge in [0.1, 0.15) is 0 Å². The van der Waals surface area contributed by atoms with E-state index in [1.54, 1.807) is 0 Å². The van der Waals surface area contributed by atoms with Crippen molar-refractivity contribution in [3.63, 3.8) is 0 Å². The van der Waals surface area contributed by atoms with E-state index in [2.05, 4.69) is 348 Å². The molecule has 0 saturated carbocycles. The quantitative estimate of drug-likeness (QED) is 0.102. The van der Waals surface area contributed by atoms with Crippen molar-refractivity contribution in [1.29, 1.82) is 0 Å². The minimum Gasteiger partial charge on any atom is -0.341 e. The van der Waals surface area contributed by atoms with Crippen LogP contribution < -0.4 is 19.6 Å². The van der Waals surface area contributed by atoms with Crippen LogP contribution in [0.4, 0.5) is 68.2 Å². The molecular formula is C81H69N7. The van der Waals surface area contributed by atoms with Crippen LogP contribution in [0.15, 0.2) is 273 Å². The van der Waals surface area contributed by atoms with Crippen molar-refractivity contribution in [3.05, 3.63) is 290 Å². The van der Waals surface area contributed by atoms with Gasteiger partial charge < -0.3 is 33.3 Å². The Kier molecular flexibility index (Phi) is 13.6. The van der Waals surface area contributed by atoms with Crippen LogP contribution >= 0.6 is 0 Å². The molecule has 0 unspecified atom stereocenters. The van der Waals surface area contributed by atoms with E-state index in [0.29, 0.717) is 0 Å². The van der Waals surface area contributed by atoms with Crippen LogP contribution in [0.2, 0.25) is 0 Å². The molecule has 0 aliphatic carbocycles. The van der Waals surface area contributed by atoms with E-state index in [1.807, 2.05) is 0 Å². The van der Waals surface area contributed by atoms with Crippen molar-refractivity contribution in [3.8, 4) is 0 Å². The molecule has 7 nitrogen and oxygen atoms in total. The first kappa shape index (κ1) is 53.9. The number of hydrogen-bond acceptors (Lipinski definition) is 4. The lowest BCUT2D eigenvalue weighted by molar-refractivity contribution is 0.827. The van der Waals surface area contributed by atoms with Gasteiger partial charge in [0, 0.05) is 153 Å². The number of benzene rings is 12. The summed E-state index contributed by atoms with van der Waals surface area (Å²) >= 11 is 0. The Balaban J connectivity index is 0.866. The second-order valence-electron chi connectivity index (χ2n) is 23.3. The lowest BCUT2D eigenvalue weighted by Gasteiger charge is -2.30. The lowest BCUT2D eigenvalue weighted by atomic mass is 10.1. The van der Waals surface area contributed by atoms with Crippen molar-refractivity contribution in [2.24, 2.45) is 0 Å². The van der Waals surface area contributed by atoms with Crippen LogP contribution in [0.3, 0.4) is 0 Å². The molecule has 0 atom stereocenters. The highest BCUT2D eigenvalue weighted by Crippen LogP contribution is 2.46. The highest BCUT2D eigenvalue weighted by atomic mass is 15.2. The Labute approximate surface area is 515 Å². The Bertz CT molecular complexity index is 4590. The predicted molar refractivity (Wildman–Crippen MR) is 375 cm³/mol. The Morgan fingerprint density at radius 1 is 0.205 bits per heavy atom. The molecule has 428 valence electrons. The van der Waals surface area contributed by atoms with E-state index < -0.39 is 0 Å². The van der Waals surface area contributed by atoms with Crippen molar-refractivity contribution < 1.29 is 0 Å². The summed E-state index contributed by atoms with van der Waals surface area (Å²) in [6.07, 6.45) is 0. The van der Waals surface area contributed by atoms with Gasteiger partial charge in [0.2, 0.25) is 0 Å². The van der Waals surface area contributed by atoms with E-state index in [9.17, 15) is 0 Å². The monoisotopic (exact) mass is 1140 g/mol. The van der Waals surface area contributed by atoms with E-state index in [4.69, 9.17) is 0 Å². The summed E-state index contributed by atoms with van der Waals surface area (Å²) < 4.78 is 7.27. The van der Waals surface area contributed by atoms with Gasteiger partial charge in [-0.05, 0) is 240 Å². The fraction of sp³-hybridized carbons (Fsp3) is 0.111. The summed E-state index contributed by atoms with van der Waals surface area (Å²) in [5, 5.41) is 7.54. The third kappa shape index (κ3) is 9.29. The lowest BCUT2D eigenvalue weighted by Crippen LogP contribution is -2.14.